The third kappa shape index (κ3) is 4.11. The molecule has 0 aliphatic heterocycles. The van der Waals surface area contributed by atoms with Gasteiger partial charge in [-0.05, 0) is 37.5 Å². The topological polar surface area (TPSA) is 60.1 Å². The van der Waals surface area contributed by atoms with E-state index in [0.29, 0.717) is 24.1 Å². The second-order valence-corrected chi connectivity index (χ2v) is 8.49. The molecule has 5 rings (SSSR count). The minimum atomic E-state index is -0.219. The number of nitrogens with one attached hydrogen (secondary N) is 1. The van der Waals surface area contributed by atoms with E-state index in [9.17, 15) is 4.79 Å². The highest BCUT2D eigenvalue weighted by Crippen LogP contribution is 2.39. The van der Waals surface area contributed by atoms with Gasteiger partial charge in [-0.25, -0.2) is 4.98 Å². The van der Waals surface area contributed by atoms with Gasteiger partial charge in [0.15, 0.2) is 11.5 Å². The van der Waals surface area contributed by atoms with Crippen LogP contribution in [0.3, 0.4) is 0 Å². The SMILES string of the molecule is Cc1ccc(-c2ncn(C3CCCC3)c2-c2ccc(C(=O)NCc3ccccc3)o2)cc1. The van der Waals surface area contributed by atoms with E-state index in [0.717, 1.165) is 35.4 Å². The molecule has 5 nitrogen and oxygen atoms in total. The van der Waals surface area contributed by atoms with Crippen LogP contribution >= 0.6 is 0 Å². The normalized spacial score (nSPS) is 14.0. The molecule has 32 heavy (non-hydrogen) atoms. The van der Waals surface area contributed by atoms with Crippen molar-refractivity contribution in [2.75, 3.05) is 0 Å². The summed E-state index contributed by atoms with van der Waals surface area (Å²) in [6.45, 7) is 2.54. The number of hydrogen-bond donors (Lipinski definition) is 1. The minimum absolute atomic E-state index is 0.219. The van der Waals surface area contributed by atoms with Crippen molar-refractivity contribution in [1.29, 1.82) is 0 Å². The lowest BCUT2D eigenvalue weighted by Crippen LogP contribution is -2.22. The predicted octanol–water partition coefficient (Wildman–Crippen LogP) is 6.16. The molecule has 0 saturated heterocycles. The largest absolute Gasteiger partial charge is 0.449 e. The molecule has 2 aromatic carbocycles. The summed E-state index contributed by atoms with van der Waals surface area (Å²) in [5, 5.41) is 2.94. The van der Waals surface area contributed by atoms with Crippen molar-refractivity contribution in [1.82, 2.24) is 14.9 Å². The molecule has 0 spiro atoms. The van der Waals surface area contributed by atoms with Gasteiger partial charge in [0, 0.05) is 18.2 Å². The molecule has 0 bridgehead atoms. The van der Waals surface area contributed by atoms with Crippen LogP contribution in [0, 0.1) is 6.92 Å². The standard InChI is InChI=1S/C27H27N3O2/c1-19-11-13-21(14-12-19)25-26(30(18-29-25)22-9-5-6-10-22)23-15-16-24(32-23)27(31)28-17-20-7-3-2-4-8-20/h2-4,7-8,11-16,18,22H,5-6,9-10,17H2,1H3,(H,28,31). The van der Waals surface area contributed by atoms with Crippen molar-refractivity contribution < 1.29 is 9.21 Å². The van der Waals surface area contributed by atoms with Crippen LogP contribution in [0.15, 0.2) is 77.5 Å². The zero-order valence-electron chi connectivity index (χ0n) is 18.3. The first-order chi connectivity index (χ1) is 15.7. The maximum Gasteiger partial charge on any atom is 0.287 e. The molecule has 1 aliphatic carbocycles. The van der Waals surface area contributed by atoms with Gasteiger partial charge in [0.1, 0.15) is 5.69 Å². The lowest BCUT2D eigenvalue weighted by Gasteiger charge is -2.15. The summed E-state index contributed by atoms with van der Waals surface area (Å²) in [4.78, 5) is 17.5. The van der Waals surface area contributed by atoms with Gasteiger partial charge in [0.25, 0.3) is 5.91 Å². The number of carbonyl (C=O) groups is 1. The number of aryl methyl sites for hydroxylation is 1. The van der Waals surface area contributed by atoms with Crippen LogP contribution in [-0.2, 0) is 6.54 Å². The molecule has 5 heteroatoms. The molecule has 2 aromatic heterocycles. The number of imidazole rings is 1. The lowest BCUT2D eigenvalue weighted by atomic mass is 10.1. The summed E-state index contributed by atoms with van der Waals surface area (Å²) in [5.41, 5.74) is 5.15. The summed E-state index contributed by atoms with van der Waals surface area (Å²) >= 11 is 0. The number of hydrogen-bond acceptors (Lipinski definition) is 3. The third-order valence-electron chi connectivity index (χ3n) is 6.20. The molecule has 4 aromatic rings. The fourth-order valence-corrected chi connectivity index (χ4v) is 4.44. The fraction of sp³-hybridized carbons (Fsp3) is 0.259. The Balaban J connectivity index is 1.45. The predicted molar refractivity (Wildman–Crippen MR) is 125 cm³/mol. The summed E-state index contributed by atoms with van der Waals surface area (Å²) in [5.74, 6) is 0.767. The number of aromatic nitrogens is 2. The smallest absolute Gasteiger partial charge is 0.287 e. The Hall–Kier alpha value is -3.60. The van der Waals surface area contributed by atoms with E-state index in [-0.39, 0.29) is 5.91 Å². The van der Waals surface area contributed by atoms with Crippen LogP contribution < -0.4 is 5.32 Å². The van der Waals surface area contributed by atoms with Gasteiger partial charge >= 0.3 is 0 Å². The molecule has 162 valence electrons. The van der Waals surface area contributed by atoms with E-state index in [2.05, 4.69) is 41.1 Å². The highest BCUT2D eigenvalue weighted by atomic mass is 16.4. The Labute approximate surface area is 188 Å². The maximum absolute atomic E-state index is 12.7. The van der Waals surface area contributed by atoms with Crippen LogP contribution in [0.5, 0.6) is 0 Å². The highest BCUT2D eigenvalue weighted by Gasteiger charge is 2.25. The van der Waals surface area contributed by atoms with Crippen molar-refractivity contribution >= 4 is 5.91 Å². The zero-order chi connectivity index (χ0) is 21.9. The van der Waals surface area contributed by atoms with Gasteiger partial charge in [0.2, 0.25) is 0 Å². The fourth-order valence-electron chi connectivity index (χ4n) is 4.44. The Morgan fingerprint density at radius 3 is 2.53 bits per heavy atom. The molecule has 1 N–H and O–H groups in total. The molecule has 1 aliphatic rings. The number of nitrogens with zero attached hydrogens (tertiary/aromatic N) is 2. The number of carbonyl (C=O) groups excluding carboxylic acids is 1. The summed E-state index contributed by atoms with van der Waals surface area (Å²) < 4.78 is 8.33. The number of furan rings is 1. The van der Waals surface area contributed by atoms with Gasteiger partial charge in [0.05, 0.1) is 12.0 Å². The average Bonchev–Trinajstić information content (AvgIpc) is 3.58. The van der Waals surface area contributed by atoms with E-state index in [1.807, 2.05) is 42.7 Å². The summed E-state index contributed by atoms with van der Waals surface area (Å²) in [7, 11) is 0. The van der Waals surface area contributed by atoms with Crippen LogP contribution in [0.25, 0.3) is 22.7 Å². The molecule has 0 radical (unpaired) electrons. The summed E-state index contributed by atoms with van der Waals surface area (Å²) in [6, 6.07) is 22.3. The molecular weight excluding hydrogens is 398 g/mol. The first-order valence-corrected chi connectivity index (χ1v) is 11.3. The second kappa shape index (κ2) is 8.87. The Morgan fingerprint density at radius 1 is 1.03 bits per heavy atom. The molecule has 1 saturated carbocycles. The van der Waals surface area contributed by atoms with Gasteiger partial charge in [-0.15, -0.1) is 0 Å². The van der Waals surface area contributed by atoms with Gasteiger partial charge < -0.3 is 14.3 Å². The van der Waals surface area contributed by atoms with Gasteiger partial charge in [-0.2, -0.15) is 0 Å². The van der Waals surface area contributed by atoms with Crippen LogP contribution in [0.4, 0.5) is 0 Å². The third-order valence-corrected chi connectivity index (χ3v) is 6.20. The number of benzene rings is 2. The van der Waals surface area contributed by atoms with Crippen molar-refractivity contribution in [3.05, 3.63) is 89.9 Å². The van der Waals surface area contributed by atoms with Crippen LogP contribution in [0.1, 0.15) is 53.4 Å². The van der Waals surface area contributed by atoms with E-state index >= 15 is 0 Å². The van der Waals surface area contributed by atoms with Crippen molar-refractivity contribution in [3.63, 3.8) is 0 Å². The Bertz CT molecular complexity index is 1200. The van der Waals surface area contributed by atoms with E-state index in [4.69, 9.17) is 9.40 Å². The van der Waals surface area contributed by atoms with Gasteiger partial charge in [-0.1, -0.05) is 73.0 Å². The summed E-state index contributed by atoms with van der Waals surface area (Å²) in [6.07, 6.45) is 6.67. The van der Waals surface area contributed by atoms with E-state index in [1.165, 1.54) is 18.4 Å². The first kappa shape index (κ1) is 20.3. The first-order valence-electron chi connectivity index (χ1n) is 11.3. The molecule has 1 fully saturated rings. The maximum atomic E-state index is 12.7. The van der Waals surface area contributed by atoms with Crippen LogP contribution in [0.2, 0.25) is 0 Å². The molecule has 0 unspecified atom stereocenters. The second-order valence-electron chi connectivity index (χ2n) is 8.49. The van der Waals surface area contributed by atoms with E-state index in [1.54, 1.807) is 6.07 Å². The Morgan fingerprint density at radius 2 is 1.78 bits per heavy atom. The van der Waals surface area contributed by atoms with Crippen molar-refractivity contribution in [3.8, 4) is 22.7 Å². The van der Waals surface area contributed by atoms with E-state index < -0.39 is 0 Å². The lowest BCUT2D eigenvalue weighted by molar-refractivity contribution is 0.0924. The monoisotopic (exact) mass is 425 g/mol. The molecule has 2 heterocycles. The highest BCUT2D eigenvalue weighted by molar-refractivity contribution is 5.92. The zero-order valence-corrected chi connectivity index (χ0v) is 18.3. The molecular formula is C27H27N3O2. The van der Waals surface area contributed by atoms with Crippen molar-refractivity contribution in [2.24, 2.45) is 0 Å². The average molecular weight is 426 g/mol. The number of amides is 1. The Kier molecular flexibility index (Phi) is 5.63. The quantitative estimate of drug-likeness (QED) is 0.402. The minimum Gasteiger partial charge on any atom is -0.449 e. The van der Waals surface area contributed by atoms with Gasteiger partial charge in [-0.3, -0.25) is 4.79 Å². The van der Waals surface area contributed by atoms with Crippen LogP contribution in [-0.4, -0.2) is 15.5 Å². The molecule has 1 amide bonds. The number of rotatable bonds is 6. The molecule has 0 atom stereocenters. The van der Waals surface area contributed by atoms with Crippen molar-refractivity contribution in [2.45, 2.75) is 45.2 Å².